The van der Waals surface area contributed by atoms with E-state index >= 15 is 0 Å². The monoisotopic (exact) mass is 705 g/mol. The van der Waals surface area contributed by atoms with E-state index in [0.29, 0.717) is 17.5 Å². The maximum atomic E-state index is 12.0. The van der Waals surface area contributed by atoms with Crippen LogP contribution in [0, 0.1) is 20.2 Å². The van der Waals surface area contributed by atoms with E-state index in [1.165, 1.54) is 56.0 Å². The van der Waals surface area contributed by atoms with Crippen molar-refractivity contribution in [2.45, 2.75) is 50.0 Å². The average molecular weight is 706 g/mol. The van der Waals surface area contributed by atoms with E-state index in [9.17, 15) is 64.5 Å². The highest BCUT2D eigenvalue weighted by Gasteiger charge is 2.45. The SMILES string of the molecule is C[Si](C)(C)C(F)(F)F.Nc1ccc(C(O)C(F)(F)F)cc1.O=Cc1ccc([N+](=O)[O-])cc1.O=[N+]([O-])c1ccc(C(O)C(F)(F)F)cc1. The van der Waals surface area contributed by atoms with Gasteiger partial charge in [0.1, 0.15) is 6.29 Å². The molecule has 10 nitrogen and oxygen atoms in total. The van der Waals surface area contributed by atoms with Gasteiger partial charge in [0.2, 0.25) is 0 Å². The Balaban J connectivity index is 0.000000615. The summed E-state index contributed by atoms with van der Waals surface area (Å²) in [6.07, 6.45) is -13.8. The largest absolute Gasteiger partial charge is 0.418 e. The first-order valence-corrected chi connectivity index (χ1v) is 16.1. The fourth-order valence-corrected chi connectivity index (χ4v) is 2.51. The van der Waals surface area contributed by atoms with Crippen LogP contribution in [0.4, 0.5) is 56.6 Å². The van der Waals surface area contributed by atoms with E-state index in [4.69, 9.17) is 15.9 Å². The average Bonchev–Trinajstić information content (AvgIpc) is 2.96. The first-order chi connectivity index (χ1) is 21.2. The van der Waals surface area contributed by atoms with Gasteiger partial charge in [0.15, 0.2) is 20.3 Å². The van der Waals surface area contributed by atoms with E-state index < -0.39 is 53.8 Å². The minimum atomic E-state index is -4.77. The van der Waals surface area contributed by atoms with Crippen LogP contribution in [0.3, 0.4) is 0 Å². The molecular formula is C27H28F9N3O7Si. The molecule has 2 atom stereocenters. The summed E-state index contributed by atoms with van der Waals surface area (Å²) in [5, 5.41) is 37.9. The summed E-state index contributed by atoms with van der Waals surface area (Å²) in [5.74, 6) is -3.92. The molecule has 0 aliphatic rings. The smallest absolute Gasteiger partial charge is 0.399 e. The molecule has 0 heterocycles. The van der Waals surface area contributed by atoms with Crippen molar-refractivity contribution in [3.8, 4) is 0 Å². The van der Waals surface area contributed by atoms with Gasteiger partial charge in [0.05, 0.1) is 9.85 Å². The number of aldehydes is 1. The Morgan fingerprint density at radius 3 is 1.17 bits per heavy atom. The van der Waals surface area contributed by atoms with E-state index in [1.807, 2.05) is 0 Å². The van der Waals surface area contributed by atoms with E-state index in [2.05, 4.69) is 0 Å². The second-order valence-corrected chi connectivity index (χ2v) is 15.2. The summed E-state index contributed by atoms with van der Waals surface area (Å²) in [6, 6.07) is 13.9. The summed E-state index contributed by atoms with van der Waals surface area (Å²) in [4.78, 5) is 29.2. The Kier molecular flexibility index (Phi) is 15.7. The molecule has 260 valence electrons. The Bertz CT molecular complexity index is 1420. The molecule has 20 heteroatoms. The molecule has 0 spiro atoms. The zero-order valence-corrected chi connectivity index (χ0v) is 25.5. The predicted octanol–water partition coefficient (Wildman–Crippen LogP) is 7.89. The maximum Gasteiger partial charge on any atom is 0.418 e. The van der Waals surface area contributed by atoms with Gasteiger partial charge >= 0.3 is 18.2 Å². The number of rotatable bonds is 5. The Labute approximate surface area is 261 Å². The number of nitrogens with two attached hydrogens (primary N) is 1. The zero-order valence-electron chi connectivity index (χ0n) is 24.5. The topological polar surface area (TPSA) is 170 Å². The third kappa shape index (κ3) is 15.5. The van der Waals surface area contributed by atoms with Crippen molar-refractivity contribution in [2.24, 2.45) is 0 Å². The highest BCUT2D eigenvalue weighted by molar-refractivity contribution is 6.77. The summed E-state index contributed by atoms with van der Waals surface area (Å²) in [7, 11) is -2.86. The fourth-order valence-electron chi connectivity index (χ4n) is 2.51. The molecule has 0 aliphatic heterocycles. The maximum absolute atomic E-state index is 12.0. The van der Waals surface area contributed by atoms with Crippen LogP contribution < -0.4 is 5.73 Å². The van der Waals surface area contributed by atoms with Crippen LogP contribution in [-0.2, 0) is 0 Å². The summed E-state index contributed by atoms with van der Waals surface area (Å²) in [6.45, 7) is 3.85. The van der Waals surface area contributed by atoms with Gasteiger partial charge in [-0.05, 0) is 47.5 Å². The van der Waals surface area contributed by atoms with Gasteiger partial charge in [-0.2, -0.15) is 39.5 Å². The van der Waals surface area contributed by atoms with Crippen LogP contribution in [0.5, 0.6) is 0 Å². The van der Waals surface area contributed by atoms with Crippen LogP contribution in [-0.4, -0.2) is 52.6 Å². The lowest BCUT2D eigenvalue weighted by molar-refractivity contribution is -0.385. The summed E-state index contributed by atoms with van der Waals surface area (Å²) >= 11 is 0. The van der Waals surface area contributed by atoms with Crippen molar-refractivity contribution in [3.05, 3.63) is 110 Å². The standard InChI is InChI=1S/C8H6F3NO3.C8H8F3NO.C7H5NO3.C4H9F3Si/c9-8(10,11)7(13)5-1-3-6(4-2-5)12(14)15;9-8(10,11)7(13)5-1-3-6(12)4-2-5;9-5-6-1-3-7(4-2-6)8(10)11;1-8(2,3)4(5,6)7/h1-4,7,13H;1-4,7,13H,12H2;1-5H;1-3H3. The first-order valence-electron chi connectivity index (χ1n) is 12.6. The summed E-state index contributed by atoms with van der Waals surface area (Å²) in [5.41, 5.74) is 5.11. The van der Waals surface area contributed by atoms with E-state index in [0.717, 1.165) is 36.4 Å². The number of carbonyl (C=O) groups excluding carboxylic acids is 1. The molecule has 0 aliphatic carbocycles. The van der Waals surface area contributed by atoms with Gasteiger partial charge in [-0.3, -0.25) is 25.0 Å². The van der Waals surface area contributed by atoms with Gasteiger partial charge in [-0.1, -0.05) is 31.8 Å². The lowest BCUT2D eigenvalue weighted by Gasteiger charge is -2.19. The van der Waals surface area contributed by atoms with Crippen LogP contribution in [0.2, 0.25) is 19.6 Å². The van der Waals surface area contributed by atoms with Crippen LogP contribution in [0.25, 0.3) is 0 Å². The highest BCUT2D eigenvalue weighted by Crippen LogP contribution is 2.33. The van der Waals surface area contributed by atoms with Crippen molar-refractivity contribution in [1.82, 2.24) is 0 Å². The predicted molar refractivity (Wildman–Crippen MR) is 154 cm³/mol. The molecule has 0 bridgehead atoms. The third-order valence-corrected chi connectivity index (χ3v) is 7.08. The molecule has 3 aromatic carbocycles. The van der Waals surface area contributed by atoms with Crippen LogP contribution in [0.1, 0.15) is 33.7 Å². The molecule has 2 unspecified atom stereocenters. The molecular weight excluding hydrogens is 677 g/mol. The number of aliphatic hydroxyl groups excluding tert-OH is 2. The zero-order chi connectivity index (χ0) is 37.0. The number of nitrogens with zero attached hydrogens (tertiary/aromatic N) is 2. The molecule has 47 heavy (non-hydrogen) atoms. The van der Waals surface area contributed by atoms with Gasteiger partial charge in [-0.15, -0.1) is 0 Å². The van der Waals surface area contributed by atoms with Crippen LogP contribution in [0.15, 0.2) is 72.8 Å². The number of aliphatic hydroxyl groups is 2. The normalized spacial score (nSPS) is 12.8. The lowest BCUT2D eigenvalue weighted by atomic mass is 10.1. The van der Waals surface area contributed by atoms with Gasteiger partial charge in [-0.25, -0.2) is 0 Å². The number of alkyl halides is 9. The molecule has 0 saturated carbocycles. The van der Waals surface area contributed by atoms with Crippen LogP contribution >= 0.6 is 0 Å². The summed E-state index contributed by atoms with van der Waals surface area (Å²) < 4.78 is 107. The minimum Gasteiger partial charge on any atom is -0.399 e. The number of nitrogen functional groups attached to an aromatic ring is 1. The van der Waals surface area contributed by atoms with Crippen molar-refractivity contribution in [1.29, 1.82) is 0 Å². The number of non-ortho nitro benzene ring substituents is 2. The molecule has 0 aromatic heterocycles. The second kappa shape index (κ2) is 17.4. The minimum absolute atomic E-state index is 0.00407. The Hall–Kier alpha value is -4.56. The molecule has 0 amide bonds. The molecule has 0 radical (unpaired) electrons. The van der Waals surface area contributed by atoms with Crippen molar-refractivity contribution in [2.75, 3.05) is 5.73 Å². The molecule has 3 aromatic rings. The number of hydrogen-bond donors (Lipinski definition) is 3. The quantitative estimate of drug-likeness (QED) is 0.0601. The third-order valence-electron chi connectivity index (χ3n) is 5.38. The van der Waals surface area contributed by atoms with Gasteiger partial charge in [0.25, 0.3) is 11.4 Å². The van der Waals surface area contributed by atoms with Crippen molar-refractivity contribution >= 4 is 31.4 Å². The Morgan fingerprint density at radius 1 is 0.660 bits per heavy atom. The fraction of sp³-hybridized carbons (Fsp3) is 0.296. The molecule has 3 rings (SSSR count). The van der Waals surface area contributed by atoms with E-state index in [1.54, 1.807) is 0 Å². The number of carbonyl (C=O) groups is 1. The van der Waals surface area contributed by atoms with Gasteiger partial charge in [0, 0.05) is 35.5 Å². The lowest BCUT2D eigenvalue weighted by Crippen LogP contribution is -2.40. The first kappa shape index (κ1) is 42.4. The number of nitro benzene ring substituents is 2. The highest BCUT2D eigenvalue weighted by atomic mass is 28.3. The Morgan fingerprint density at radius 2 is 0.936 bits per heavy atom. The number of hydrogen-bond acceptors (Lipinski definition) is 8. The van der Waals surface area contributed by atoms with Crippen molar-refractivity contribution in [3.63, 3.8) is 0 Å². The molecule has 0 fully saturated rings. The second-order valence-electron chi connectivity index (χ2n) is 10.1. The number of benzene rings is 3. The number of nitro groups is 2. The van der Waals surface area contributed by atoms with E-state index in [-0.39, 0.29) is 16.9 Å². The number of anilines is 1. The van der Waals surface area contributed by atoms with Gasteiger partial charge < -0.3 is 15.9 Å². The van der Waals surface area contributed by atoms with Crippen molar-refractivity contribution < 1.29 is 64.4 Å². The number of halogens is 9. The molecule has 4 N–H and O–H groups in total. The molecule has 0 saturated heterocycles.